The minimum absolute atomic E-state index is 0.621. The predicted molar refractivity (Wildman–Crippen MR) is 105 cm³/mol. The quantitative estimate of drug-likeness (QED) is 0.652. The lowest BCUT2D eigenvalue weighted by atomic mass is 10.0. The van der Waals surface area contributed by atoms with E-state index in [1.807, 2.05) is 24.4 Å². The number of nitrogens with one attached hydrogen (secondary N) is 1. The number of aromatic nitrogens is 2. The van der Waals surface area contributed by atoms with Crippen LogP contribution in [0.25, 0.3) is 17.1 Å². The maximum Gasteiger partial charge on any atom is 0.416 e. The molecule has 0 bridgehead atoms. The van der Waals surface area contributed by atoms with Gasteiger partial charge >= 0.3 is 6.18 Å². The van der Waals surface area contributed by atoms with Gasteiger partial charge in [-0.2, -0.15) is 13.2 Å². The number of benzene rings is 1. The fraction of sp³-hybridized carbons (Fsp3) is 0.227. The molecular formula is C22H20F3N3. The van der Waals surface area contributed by atoms with Gasteiger partial charge in [0.1, 0.15) is 5.65 Å². The Labute approximate surface area is 161 Å². The van der Waals surface area contributed by atoms with Gasteiger partial charge in [-0.3, -0.25) is 4.90 Å². The van der Waals surface area contributed by atoms with E-state index < -0.39 is 11.7 Å². The zero-order chi connectivity index (χ0) is 19.6. The van der Waals surface area contributed by atoms with Crippen molar-refractivity contribution in [2.75, 3.05) is 13.1 Å². The molecule has 1 aliphatic rings. The topological polar surface area (TPSA) is 31.9 Å². The van der Waals surface area contributed by atoms with Crippen LogP contribution < -0.4 is 0 Å². The number of hydrogen-bond donors (Lipinski definition) is 1. The van der Waals surface area contributed by atoms with Crippen LogP contribution in [0.1, 0.15) is 23.1 Å². The molecule has 1 N–H and O–H groups in total. The number of fused-ring (bicyclic) bond motifs is 1. The van der Waals surface area contributed by atoms with Crippen molar-refractivity contribution >= 4 is 17.1 Å². The minimum Gasteiger partial charge on any atom is -0.346 e. The van der Waals surface area contributed by atoms with Crippen molar-refractivity contribution in [3.05, 3.63) is 83.2 Å². The Bertz CT molecular complexity index is 1010. The second kappa shape index (κ2) is 7.64. The van der Waals surface area contributed by atoms with Crippen LogP contribution in [0.3, 0.4) is 0 Å². The summed E-state index contributed by atoms with van der Waals surface area (Å²) in [5.41, 5.74) is 3.49. The van der Waals surface area contributed by atoms with Gasteiger partial charge in [-0.25, -0.2) is 4.98 Å². The number of pyridine rings is 1. The Morgan fingerprint density at radius 2 is 1.93 bits per heavy atom. The van der Waals surface area contributed by atoms with Crippen molar-refractivity contribution in [1.29, 1.82) is 0 Å². The molecule has 0 fully saturated rings. The third kappa shape index (κ3) is 4.17. The summed E-state index contributed by atoms with van der Waals surface area (Å²) in [5, 5.41) is 1.15. The van der Waals surface area contributed by atoms with Gasteiger partial charge in [0.2, 0.25) is 0 Å². The summed E-state index contributed by atoms with van der Waals surface area (Å²) in [7, 11) is 0. The Balaban J connectivity index is 1.37. The molecule has 6 heteroatoms. The summed E-state index contributed by atoms with van der Waals surface area (Å²) in [6.07, 6.45) is 6.46. The normalized spacial score (nSPS) is 16.0. The smallest absolute Gasteiger partial charge is 0.346 e. The molecule has 0 saturated heterocycles. The van der Waals surface area contributed by atoms with E-state index in [1.54, 1.807) is 6.20 Å². The number of halogens is 3. The number of allylic oxidation sites excluding steroid dienone is 1. The average Bonchev–Trinajstić information content (AvgIpc) is 3.10. The van der Waals surface area contributed by atoms with Gasteiger partial charge in [0.25, 0.3) is 0 Å². The van der Waals surface area contributed by atoms with Crippen LogP contribution >= 0.6 is 0 Å². The van der Waals surface area contributed by atoms with Crippen molar-refractivity contribution in [3.8, 4) is 0 Å². The van der Waals surface area contributed by atoms with Gasteiger partial charge in [0.15, 0.2) is 0 Å². The summed E-state index contributed by atoms with van der Waals surface area (Å²) in [6.45, 7) is 2.65. The molecule has 3 heterocycles. The van der Waals surface area contributed by atoms with Gasteiger partial charge in [-0.1, -0.05) is 30.4 Å². The molecule has 1 aliphatic heterocycles. The van der Waals surface area contributed by atoms with E-state index in [0.29, 0.717) is 0 Å². The first kappa shape index (κ1) is 18.5. The predicted octanol–water partition coefficient (Wildman–Crippen LogP) is 5.43. The van der Waals surface area contributed by atoms with Crippen LogP contribution in [-0.4, -0.2) is 28.0 Å². The molecule has 0 unspecified atom stereocenters. The third-order valence-electron chi connectivity index (χ3n) is 4.99. The fourth-order valence-corrected chi connectivity index (χ4v) is 3.39. The summed E-state index contributed by atoms with van der Waals surface area (Å²) in [5.74, 6) is 0. The highest BCUT2D eigenvalue weighted by molar-refractivity contribution is 5.79. The standard InChI is InChI=1S/C22H20F3N3/c23-22(24,25)19-7-5-16(6-8-19)3-4-17-9-12-28(13-10-17)15-18-14-27-21-20(18)2-1-11-26-21/h1-9,11,14H,10,12-13,15H2,(H,26,27)/b4-3+. The lowest BCUT2D eigenvalue weighted by Gasteiger charge is -2.25. The number of nitrogens with zero attached hydrogens (tertiary/aromatic N) is 2. The maximum absolute atomic E-state index is 12.6. The fourth-order valence-electron chi connectivity index (χ4n) is 3.39. The van der Waals surface area contributed by atoms with Crippen LogP contribution in [0.5, 0.6) is 0 Å². The lowest BCUT2D eigenvalue weighted by molar-refractivity contribution is -0.137. The Kier molecular flexibility index (Phi) is 5.05. The third-order valence-corrected chi connectivity index (χ3v) is 4.99. The van der Waals surface area contributed by atoms with Crippen molar-refractivity contribution in [2.45, 2.75) is 19.1 Å². The molecule has 4 rings (SSSR count). The van der Waals surface area contributed by atoms with Crippen LogP contribution in [0.4, 0.5) is 13.2 Å². The number of alkyl halides is 3. The second-order valence-electron chi connectivity index (χ2n) is 6.93. The van der Waals surface area contributed by atoms with E-state index in [4.69, 9.17) is 0 Å². The molecular weight excluding hydrogens is 363 g/mol. The first-order valence-electron chi connectivity index (χ1n) is 9.17. The van der Waals surface area contributed by atoms with Crippen molar-refractivity contribution in [3.63, 3.8) is 0 Å². The minimum atomic E-state index is -4.29. The summed E-state index contributed by atoms with van der Waals surface area (Å²) >= 11 is 0. The summed E-state index contributed by atoms with van der Waals surface area (Å²) in [4.78, 5) is 9.89. The molecule has 0 radical (unpaired) electrons. The molecule has 2 aromatic heterocycles. The van der Waals surface area contributed by atoms with E-state index in [-0.39, 0.29) is 0 Å². The number of hydrogen-bond acceptors (Lipinski definition) is 2. The van der Waals surface area contributed by atoms with Crippen LogP contribution in [0.15, 0.2) is 66.5 Å². The molecule has 0 amide bonds. The molecule has 0 saturated carbocycles. The molecule has 28 heavy (non-hydrogen) atoms. The zero-order valence-electron chi connectivity index (χ0n) is 15.2. The lowest BCUT2D eigenvalue weighted by Crippen LogP contribution is -2.27. The molecule has 0 aliphatic carbocycles. The van der Waals surface area contributed by atoms with Gasteiger partial charge in [0.05, 0.1) is 5.56 Å². The zero-order valence-corrected chi connectivity index (χ0v) is 15.2. The molecule has 1 aromatic carbocycles. The maximum atomic E-state index is 12.6. The van der Waals surface area contributed by atoms with Crippen molar-refractivity contribution < 1.29 is 13.2 Å². The SMILES string of the molecule is FC(F)(F)c1ccc(/C=C/C2=CCN(Cc3c[nH]c4ncccc34)CC2)cc1. The highest BCUT2D eigenvalue weighted by atomic mass is 19.4. The molecule has 0 spiro atoms. The average molecular weight is 383 g/mol. The van der Waals surface area contributed by atoms with Gasteiger partial charge in [-0.15, -0.1) is 0 Å². The van der Waals surface area contributed by atoms with Crippen molar-refractivity contribution in [2.24, 2.45) is 0 Å². The van der Waals surface area contributed by atoms with E-state index >= 15 is 0 Å². The molecule has 0 atom stereocenters. The monoisotopic (exact) mass is 383 g/mol. The van der Waals surface area contributed by atoms with Gasteiger partial charge in [0, 0.05) is 37.4 Å². The molecule has 3 nitrogen and oxygen atoms in total. The van der Waals surface area contributed by atoms with E-state index in [9.17, 15) is 13.2 Å². The highest BCUT2D eigenvalue weighted by Crippen LogP contribution is 2.29. The van der Waals surface area contributed by atoms with Crippen molar-refractivity contribution in [1.82, 2.24) is 14.9 Å². The first-order valence-corrected chi connectivity index (χ1v) is 9.17. The summed E-state index contributed by atoms with van der Waals surface area (Å²) in [6, 6.07) is 9.26. The number of aromatic amines is 1. The van der Waals surface area contributed by atoms with Gasteiger partial charge in [-0.05, 0) is 47.4 Å². The van der Waals surface area contributed by atoms with E-state index in [0.717, 1.165) is 54.8 Å². The second-order valence-corrected chi connectivity index (χ2v) is 6.93. The van der Waals surface area contributed by atoms with E-state index in [2.05, 4.69) is 27.0 Å². The van der Waals surface area contributed by atoms with Crippen LogP contribution in [0.2, 0.25) is 0 Å². The Morgan fingerprint density at radius 1 is 1.11 bits per heavy atom. The van der Waals surface area contributed by atoms with Gasteiger partial charge < -0.3 is 4.98 Å². The van der Waals surface area contributed by atoms with E-state index in [1.165, 1.54) is 23.3 Å². The summed E-state index contributed by atoms with van der Waals surface area (Å²) < 4.78 is 37.9. The highest BCUT2D eigenvalue weighted by Gasteiger charge is 2.29. The number of rotatable bonds is 4. The first-order chi connectivity index (χ1) is 13.5. The largest absolute Gasteiger partial charge is 0.416 e. The Hall–Kier alpha value is -2.86. The van der Waals surface area contributed by atoms with Crippen LogP contribution in [-0.2, 0) is 12.7 Å². The number of H-pyrrole nitrogens is 1. The molecule has 144 valence electrons. The van der Waals surface area contributed by atoms with Crippen LogP contribution in [0, 0.1) is 0 Å². The Morgan fingerprint density at radius 3 is 2.64 bits per heavy atom. The molecule has 3 aromatic rings.